The fraction of sp³-hybridized carbons (Fsp3) is 0.348. The summed E-state index contributed by atoms with van der Waals surface area (Å²) in [5.74, 6) is -3.09. The van der Waals surface area contributed by atoms with Crippen LogP contribution in [0.2, 0.25) is 0 Å². The number of hydrogen-bond acceptors (Lipinski definition) is 6. The average Bonchev–Trinajstić information content (AvgIpc) is 3.37. The molecular formula is C23H22F4N2O5. The molecule has 0 aliphatic carbocycles. The maximum absolute atomic E-state index is 13.4. The van der Waals surface area contributed by atoms with E-state index in [9.17, 15) is 27.5 Å². The number of aliphatic hydroxyl groups is 1. The molecule has 1 N–H and O–H groups in total. The van der Waals surface area contributed by atoms with E-state index < -0.39 is 24.2 Å². The Morgan fingerprint density at radius 1 is 1.09 bits per heavy atom. The van der Waals surface area contributed by atoms with Gasteiger partial charge >= 0.3 is 6.61 Å². The van der Waals surface area contributed by atoms with Crippen molar-refractivity contribution in [2.45, 2.75) is 19.1 Å². The van der Waals surface area contributed by atoms with Crippen LogP contribution in [0.4, 0.5) is 23.2 Å². The van der Waals surface area contributed by atoms with Gasteiger partial charge in [-0.1, -0.05) is 0 Å². The lowest BCUT2D eigenvalue weighted by atomic mass is 10.2. The van der Waals surface area contributed by atoms with Crippen LogP contribution in [0, 0.1) is 11.6 Å². The van der Waals surface area contributed by atoms with Crippen LogP contribution in [0.15, 0.2) is 48.2 Å². The van der Waals surface area contributed by atoms with Gasteiger partial charge in [-0.25, -0.2) is 8.78 Å². The third-order valence-electron chi connectivity index (χ3n) is 5.40. The Balaban J connectivity index is 1.42. The van der Waals surface area contributed by atoms with Crippen molar-refractivity contribution in [3.63, 3.8) is 0 Å². The molecule has 1 fully saturated rings. The number of hydrogen-bond donors (Lipinski definition) is 1. The predicted molar refractivity (Wildman–Crippen MR) is 113 cm³/mol. The van der Waals surface area contributed by atoms with E-state index in [1.54, 1.807) is 0 Å². The first-order chi connectivity index (χ1) is 16.3. The number of β-amino-alcohol motifs (C(OH)–C–C–N with tert-alkyl or cyclic N) is 1. The number of nitrogens with zero attached hydrogens (tertiary/aromatic N) is 2. The highest BCUT2D eigenvalue weighted by atomic mass is 19.3. The normalized spacial score (nSPS) is 18.5. The van der Waals surface area contributed by atoms with Gasteiger partial charge in [0.1, 0.15) is 12.4 Å². The van der Waals surface area contributed by atoms with Crippen molar-refractivity contribution in [1.82, 2.24) is 4.90 Å². The lowest BCUT2D eigenvalue weighted by Crippen LogP contribution is -2.28. The van der Waals surface area contributed by atoms with E-state index in [0.717, 1.165) is 18.7 Å². The molecule has 11 heteroatoms. The van der Waals surface area contributed by atoms with E-state index in [4.69, 9.17) is 9.47 Å². The maximum atomic E-state index is 13.4. The SMILES string of the molecule is O=C1C(Oc2ccc(F)c(F)c2)=CCN1c1ccc(OCCN2CC[C@@H](O)C2)c(OC(F)F)c1. The Labute approximate surface area is 192 Å². The number of ether oxygens (including phenoxy) is 3. The van der Waals surface area contributed by atoms with Crippen LogP contribution in [0.1, 0.15) is 6.42 Å². The molecule has 34 heavy (non-hydrogen) atoms. The first-order valence-electron chi connectivity index (χ1n) is 10.6. The Bertz CT molecular complexity index is 1080. The van der Waals surface area contributed by atoms with E-state index in [1.807, 2.05) is 4.90 Å². The summed E-state index contributed by atoms with van der Waals surface area (Å²) in [7, 11) is 0. The standard InChI is InChI=1S/C23H22F4N2O5/c24-17-3-2-16(12-18(17)25)33-20-6-8-29(22(20)31)14-1-4-19(21(11-14)34-23(26)27)32-10-9-28-7-5-15(30)13-28/h1-4,6,11-12,15,23,30H,5,7-10,13H2/t15-/m1/s1. The molecule has 0 bridgehead atoms. The fourth-order valence-corrected chi connectivity index (χ4v) is 3.72. The Morgan fingerprint density at radius 2 is 1.91 bits per heavy atom. The lowest BCUT2D eigenvalue weighted by Gasteiger charge is -2.20. The number of anilines is 1. The van der Waals surface area contributed by atoms with Crippen LogP contribution in [0.5, 0.6) is 17.2 Å². The van der Waals surface area contributed by atoms with Crippen molar-refractivity contribution < 1.29 is 41.7 Å². The zero-order valence-electron chi connectivity index (χ0n) is 17.9. The number of rotatable bonds is 9. The summed E-state index contributed by atoms with van der Waals surface area (Å²) in [6.45, 7) is -1.08. The van der Waals surface area contributed by atoms with Crippen LogP contribution in [-0.4, -0.2) is 61.4 Å². The Hall–Kier alpha value is -3.31. The predicted octanol–water partition coefficient (Wildman–Crippen LogP) is 3.32. The number of aliphatic hydroxyl groups excluding tert-OH is 1. The van der Waals surface area contributed by atoms with Crippen molar-refractivity contribution in [3.8, 4) is 17.2 Å². The molecule has 0 radical (unpaired) electrons. The van der Waals surface area contributed by atoms with Crippen molar-refractivity contribution in [1.29, 1.82) is 0 Å². The number of alkyl halides is 2. The van der Waals surface area contributed by atoms with Crippen LogP contribution in [0.3, 0.4) is 0 Å². The van der Waals surface area contributed by atoms with Crippen molar-refractivity contribution in [3.05, 3.63) is 59.9 Å². The minimum Gasteiger partial charge on any atom is -0.488 e. The van der Waals surface area contributed by atoms with Gasteiger partial charge in [-0.3, -0.25) is 9.69 Å². The van der Waals surface area contributed by atoms with Crippen molar-refractivity contribution in [2.75, 3.05) is 37.7 Å². The maximum Gasteiger partial charge on any atom is 0.387 e. The van der Waals surface area contributed by atoms with Gasteiger partial charge in [-0.05, 0) is 36.8 Å². The molecule has 1 saturated heterocycles. The average molecular weight is 482 g/mol. The highest BCUT2D eigenvalue weighted by Crippen LogP contribution is 2.35. The summed E-state index contributed by atoms with van der Waals surface area (Å²) >= 11 is 0. The Morgan fingerprint density at radius 3 is 2.62 bits per heavy atom. The molecule has 2 aromatic rings. The van der Waals surface area contributed by atoms with Gasteiger partial charge in [-0.2, -0.15) is 8.78 Å². The first kappa shape index (κ1) is 23.8. The molecule has 4 rings (SSSR count). The number of carbonyl (C=O) groups is 1. The van der Waals surface area contributed by atoms with E-state index in [2.05, 4.69) is 4.74 Å². The van der Waals surface area contributed by atoms with Gasteiger partial charge in [0.2, 0.25) is 0 Å². The number of amides is 1. The number of halogens is 4. The summed E-state index contributed by atoms with van der Waals surface area (Å²) < 4.78 is 68.0. The van der Waals surface area contributed by atoms with Gasteiger partial charge in [0.25, 0.3) is 5.91 Å². The molecule has 182 valence electrons. The van der Waals surface area contributed by atoms with Crippen molar-refractivity contribution in [2.24, 2.45) is 0 Å². The van der Waals surface area contributed by atoms with E-state index >= 15 is 0 Å². The summed E-state index contributed by atoms with van der Waals surface area (Å²) in [6, 6.07) is 7.07. The zero-order chi connectivity index (χ0) is 24.2. The van der Waals surface area contributed by atoms with E-state index in [0.29, 0.717) is 19.5 Å². The largest absolute Gasteiger partial charge is 0.488 e. The monoisotopic (exact) mass is 482 g/mol. The molecule has 2 heterocycles. The van der Waals surface area contributed by atoms with Crippen molar-refractivity contribution >= 4 is 11.6 Å². The molecule has 0 aromatic heterocycles. The molecule has 0 unspecified atom stereocenters. The van der Waals surface area contributed by atoms with Gasteiger partial charge < -0.3 is 24.2 Å². The minimum atomic E-state index is -3.11. The van der Waals surface area contributed by atoms with Gasteiger partial charge in [-0.15, -0.1) is 0 Å². The molecule has 7 nitrogen and oxygen atoms in total. The number of carbonyl (C=O) groups excluding carboxylic acids is 1. The first-order valence-corrected chi connectivity index (χ1v) is 10.6. The number of likely N-dealkylation sites (tertiary alicyclic amines) is 1. The topological polar surface area (TPSA) is 71.5 Å². The fourth-order valence-electron chi connectivity index (χ4n) is 3.72. The van der Waals surface area contributed by atoms with Crippen LogP contribution >= 0.6 is 0 Å². The quantitative estimate of drug-likeness (QED) is 0.553. The molecule has 1 amide bonds. The third-order valence-corrected chi connectivity index (χ3v) is 5.40. The number of benzene rings is 2. The van der Waals surface area contributed by atoms with Crippen LogP contribution in [0.25, 0.3) is 0 Å². The molecule has 2 aromatic carbocycles. The summed E-state index contributed by atoms with van der Waals surface area (Å²) in [4.78, 5) is 16.0. The van der Waals surface area contributed by atoms with E-state index in [-0.39, 0.29) is 48.0 Å². The van der Waals surface area contributed by atoms with Gasteiger partial charge in [0.15, 0.2) is 28.9 Å². The molecule has 0 spiro atoms. The van der Waals surface area contributed by atoms with Gasteiger partial charge in [0, 0.05) is 44.0 Å². The second-order valence-electron chi connectivity index (χ2n) is 7.76. The second kappa shape index (κ2) is 10.3. The lowest BCUT2D eigenvalue weighted by molar-refractivity contribution is -0.116. The molecule has 1 atom stereocenters. The summed E-state index contributed by atoms with van der Waals surface area (Å²) in [5.41, 5.74) is 0.260. The van der Waals surface area contributed by atoms with Crippen LogP contribution in [-0.2, 0) is 4.79 Å². The van der Waals surface area contributed by atoms with Crippen LogP contribution < -0.4 is 19.1 Å². The van der Waals surface area contributed by atoms with Gasteiger partial charge in [0.05, 0.1) is 6.10 Å². The Kier molecular flexibility index (Phi) is 7.23. The summed E-state index contributed by atoms with van der Waals surface area (Å²) in [5, 5.41) is 9.58. The molecule has 2 aliphatic heterocycles. The van der Waals surface area contributed by atoms with E-state index in [1.165, 1.54) is 35.2 Å². The second-order valence-corrected chi connectivity index (χ2v) is 7.76. The summed E-state index contributed by atoms with van der Waals surface area (Å²) in [6.07, 6.45) is 1.74. The minimum absolute atomic E-state index is 0.0589. The zero-order valence-corrected chi connectivity index (χ0v) is 17.9. The molecular weight excluding hydrogens is 460 g/mol. The third kappa shape index (κ3) is 5.60. The smallest absolute Gasteiger partial charge is 0.387 e. The molecule has 2 aliphatic rings. The highest BCUT2D eigenvalue weighted by molar-refractivity contribution is 6.07. The molecule has 0 saturated carbocycles. The highest BCUT2D eigenvalue weighted by Gasteiger charge is 2.29.